The van der Waals surface area contributed by atoms with Gasteiger partial charge in [0.2, 0.25) is 0 Å². The summed E-state index contributed by atoms with van der Waals surface area (Å²) in [6, 6.07) is 0. The Kier molecular flexibility index (Phi) is 23.0. The molecule has 0 unspecified atom stereocenters. The number of carboxylic acids is 4. The quantitative estimate of drug-likeness (QED) is 0.439. The second kappa shape index (κ2) is 16.1. The summed E-state index contributed by atoms with van der Waals surface area (Å²) in [5, 5.41) is 34.8. The number of carbonyl (C=O) groups excluding carboxylic acids is 2. The minimum atomic E-state index is -1.37. The van der Waals surface area contributed by atoms with Gasteiger partial charge in [-0.3, -0.25) is 9.59 Å². The average molecular weight is 248 g/mol. The van der Waals surface area contributed by atoms with E-state index in [0.29, 0.717) is 0 Å². The monoisotopic (exact) mass is 248 g/mol. The summed E-state index contributed by atoms with van der Waals surface area (Å²) in [5.74, 6) is -4.89. The molecule has 8 nitrogen and oxygen atoms in total. The van der Waals surface area contributed by atoms with Crippen LogP contribution < -0.4 is 47.9 Å². The van der Waals surface area contributed by atoms with E-state index < -0.39 is 36.7 Å². The van der Waals surface area contributed by atoms with Gasteiger partial charge < -0.3 is 30.0 Å². The Morgan fingerprint density at radius 2 is 0.889 bits per heavy atom. The summed E-state index contributed by atoms with van der Waals surface area (Å²) in [6.07, 6.45) is -1.53. The zero-order valence-electron chi connectivity index (χ0n) is 10.2. The van der Waals surface area contributed by atoms with Crippen molar-refractivity contribution in [2.24, 2.45) is 0 Å². The minimum absolute atomic E-state index is 0. The molecule has 92 valence electrons. The van der Waals surface area contributed by atoms with Gasteiger partial charge in [0.15, 0.2) is 0 Å². The molecule has 0 aromatic carbocycles. The fourth-order valence-corrected chi connectivity index (χ4v) is 0.418. The Balaban J connectivity index is -0.0000000980. The SMILES string of the molecule is O=C(O)CCC(=O)O.O=C([O-])CCC(=O)[O-].[Li+].[Li+]. The van der Waals surface area contributed by atoms with Gasteiger partial charge in [0, 0.05) is 11.9 Å². The van der Waals surface area contributed by atoms with Crippen molar-refractivity contribution in [2.45, 2.75) is 25.7 Å². The van der Waals surface area contributed by atoms with E-state index in [0.717, 1.165) is 0 Å². The van der Waals surface area contributed by atoms with Gasteiger partial charge in [-0.25, -0.2) is 0 Å². The normalized spacial score (nSPS) is 7.56. The van der Waals surface area contributed by atoms with E-state index in [9.17, 15) is 29.4 Å². The molecule has 0 atom stereocenters. The molecule has 18 heavy (non-hydrogen) atoms. The van der Waals surface area contributed by atoms with Crippen molar-refractivity contribution in [2.75, 3.05) is 0 Å². The number of hydrogen-bond acceptors (Lipinski definition) is 6. The Labute approximate surface area is 127 Å². The van der Waals surface area contributed by atoms with Crippen LogP contribution in [0, 0.1) is 0 Å². The predicted molar refractivity (Wildman–Crippen MR) is 43.8 cm³/mol. The minimum Gasteiger partial charge on any atom is -0.550 e. The van der Waals surface area contributed by atoms with Gasteiger partial charge in [-0.2, -0.15) is 0 Å². The number of carboxylic acid groups (broad SMARTS) is 4. The van der Waals surface area contributed by atoms with Crippen molar-refractivity contribution >= 4 is 23.9 Å². The molecule has 0 radical (unpaired) electrons. The first-order valence-electron chi connectivity index (χ1n) is 4.09. The average Bonchev–Trinajstić information content (AvgIpc) is 2.12. The molecule has 0 aliphatic rings. The summed E-state index contributed by atoms with van der Waals surface area (Å²) in [6.45, 7) is 0. The van der Waals surface area contributed by atoms with E-state index in [2.05, 4.69) is 0 Å². The molecule has 0 aromatic rings. The van der Waals surface area contributed by atoms with Crippen LogP contribution in [0.25, 0.3) is 0 Å². The van der Waals surface area contributed by atoms with Gasteiger partial charge in [0.05, 0.1) is 12.8 Å². The van der Waals surface area contributed by atoms with Crippen molar-refractivity contribution in [1.29, 1.82) is 0 Å². The van der Waals surface area contributed by atoms with Crippen molar-refractivity contribution in [3.63, 3.8) is 0 Å². The summed E-state index contributed by atoms with van der Waals surface area (Å²) in [5.41, 5.74) is 0. The van der Waals surface area contributed by atoms with Gasteiger partial charge in [-0.15, -0.1) is 0 Å². The molecule has 2 N–H and O–H groups in total. The summed E-state index contributed by atoms with van der Waals surface area (Å²) in [7, 11) is 0. The van der Waals surface area contributed by atoms with Crippen LogP contribution in [-0.2, 0) is 19.2 Å². The topological polar surface area (TPSA) is 155 Å². The molecule has 0 bridgehead atoms. The summed E-state index contributed by atoms with van der Waals surface area (Å²) < 4.78 is 0. The smallest absolute Gasteiger partial charge is 0.550 e. The third-order valence-corrected chi connectivity index (χ3v) is 1.09. The number of hydrogen-bond donors (Lipinski definition) is 2. The molecule has 0 amide bonds. The largest absolute Gasteiger partial charge is 1.00 e. The van der Waals surface area contributed by atoms with Gasteiger partial charge in [-0.1, -0.05) is 0 Å². The standard InChI is InChI=1S/2C4H6O4.2Li/c2*5-3(6)1-2-4(7)8;;/h2*1-2H2,(H,5,6)(H,7,8);;/q;;2*+1/p-2. The molecule has 0 rings (SSSR count). The molecular formula is C8H10Li2O8. The molecule has 0 aliphatic heterocycles. The molecule has 10 heteroatoms. The van der Waals surface area contributed by atoms with E-state index in [4.69, 9.17) is 10.2 Å². The summed E-state index contributed by atoms with van der Waals surface area (Å²) in [4.78, 5) is 38.3. The van der Waals surface area contributed by atoms with Gasteiger partial charge >= 0.3 is 49.7 Å². The van der Waals surface area contributed by atoms with Crippen LogP contribution in [0.3, 0.4) is 0 Å². The van der Waals surface area contributed by atoms with Crippen LogP contribution in [0.4, 0.5) is 0 Å². The maximum Gasteiger partial charge on any atom is 1.00 e. The third kappa shape index (κ3) is 36.3. The van der Waals surface area contributed by atoms with Crippen molar-refractivity contribution in [3.05, 3.63) is 0 Å². The Bertz CT molecular complexity index is 222. The van der Waals surface area contributed by atoms with E-state index in [1.165, 1.54) is 0 Å². The van der Waals surface area contributed by atoms with Gasteiger partial charge in [-0.05, 0) is 12.8 Å². The van der Waals surface area contributed by atoms with Crippen LogP contribution >= 0.6 is 0 Å². The zero-order valence-corrected chi connectivity index (χ0v) is 10.2. The van der Waals surface area contributed by atoms with Crippen LogP contribution in [-0.4, -0.2) is 34.1 Å². The molecule has 0 fully saturated rings. The fraction of sp³-hybridized carbons (Fsp3) is 0.500. The first-order chi connectivity index (χ1) is 7.25. The van der Waals surface area contributed by atoms with Crippen LogP contribution in [0.2, 0.25) is 0 Å². The molecule has 0 aliphatic carbocycles. The van der Waals surface area contributed by atoms with Crippen LogP contribution in [0.5, 0.6) is 0 Å². The van der Waals surface area contributed by atoms with Crippen molar-refractivity contribution in [3.8, 4) is 0 Å². The maximum atomic E-state index is 9.64. The van der Waals surface area contributed by atoms with Crippen LogP contribution in [0.15, 0.2) is 0 Å². The molecule has 0 heterocycles. The van der Waals surface area contributed by atoms with E-state index in [1.54, 1.807) is 0 Å². The number of aliphatic carboxylic acids is 4. The first kappa shape index (κ1) is 25.8. The van der Waals surface area contributed by atoms with E-state index in [-0.39, 0.29) is 50.6 Å². The number of carbonyl (C=O) groups is 4. The van der Waals surface area contributed by atoms with E-state index in [1.807, 2.05) is 0 Å². The summed E-state index contributed by atoms with van der Waals surface area (Å²) >= 11 is 0. The van der Waals surface area contributed by atoms with Gasteiger partial charge in [0.1, 0.15) is 0 Å². The fourth-order valence-electron chi connectivity index (χ4n) is 0.418. The maximum absolute atomic E-state index is 9.64. The van der Waals surface area contributed by atoms with Crippen molar-refractivity contribution in [1.82, 2.24) is 0 Å². The molecule has 0 saturated carbocycles. The Morgan fingerprint density at radius 1 is 0.667 bits per heavy atom. The molecular weight excluding hydrogens is 238 g/mol. The Morgan fingerprint density at radius 3 is 1.00 bits per heavy atom. The molecule has 0 spiro atoms. The second-order valence-corrected chi connectivity index (χ2v) is 2.53. The van der Waals surface area contributed by atoms with E-state index >= 15 is 0 Å². The zero-order chi connectivity index (χ0) is 13.1. The molecule has 0 aromatic heterocycles. The van der Waals surface area contributed by atoms with Crippen molar-refractivity contribution < 1.29 is 77.3 Å². The third-order valence-electron chi connectivity index (χ3n) is 1.09. The van der Waals surface area contributed by atoms with Crippen LogP contribution in [0.1, 0.15) is 25.7 Å². The number of rotatable bonds is 6. The van der Waals surface area contributed by atoms with Gasteiger partial charge in [0.25, 0.3) is 0 Å². The Hall–Kier alpha value is -0.925. The molecule has 0 saturated heterocycles. The first-order valence-corrected chi connectivity index (χ1v) is 4.09. The second-order valence-electron chi connectivity index (χ2n) is 2.53. The predicted octanol–water partition coefficient (Wildman–Crippen LogP) is -8.79.